The minimum Gasteiger partial charge on any atom is -0.507 e. The van der Waals surface area contributed by atoms with Crippen molar-refractivity contribution in [3.63, 3.8) is 0 Å². The molecule has 1 N–H and O–H groups in total. The normalized spacial score (nSPS) is 16.9. The molecule has 1 saturated heterocycles. The Kier molecular flexibility index (Phi) is 7.15. The third kappa shape index (κ3) is 4.59. The van der Waals surface area contributed by atoms with Gasteiger partial charge in [-0.1, -0.05) is 42.0 Å². The van der Waals surface area contributed by atoms with Crippen molar-refractivity contribution in [2.24, 2.45) is 0 Å². The van der Waals surface area contributed by atoms with E-state index in [-0.39, 0.29) is 11.3 Å². The number of ketones is 1. The van der Waals surface area contributed by atoms with Crippen LogP contribution in [0.1, 0.15) is 36.6 Å². The highest BCUT2D eigenvalue weighted by Crippen LogP contribution is 2.42. The first-order valence-electron chi connectivity index (χ1n) is 12.3. The lowest BCUT2D eigenvalue weighted by atomic mass is 9.94. The Balaban J connectivity index is 1.86. The van der Waals surface area contributed by atoms with E-state index in [1.807, 2.05) is 86.6 Å². The Morgan fingerprint density at radius 1 is 0.833 bits per heavy atom. The molecule has 0 aromatic heterocycles. The fourth-order valence-corrected chi connectivity index (χ4v) is 4.65. The molecule has 1 heterocycles. The maximum Gasteiger partial charge on any atom is 0.300 e. The van der Waals surface area contributed by atoms with E-state index in [9.17, 15) is 14.7 Å². The average Bonchev–Trinajstić information content (AvgIpc) is 3.15. The van der Waals surface area contributed by atoms with Crippen molar-refractivity contribution >= 4 is 34.5 Å². The second-order valence-electron chi connectivity index (χ2n) is 9.21. The number of aliphatic hydroxyl groups excluding tert-OH is 1. The van der Waals surface area contributed by atoms with Crippen molar-refractivity contribution in [1.29, 1.82) is 0 Å². The van der Waals surface area contributed by atoms with Gasteiger partial charge in [0.25, 0.3) is 11.7 Å². The lowest BCUT2D eigenvalue weighted by molar-refractivity contribution is -0.132. The van der Waals surface area contributed by atoms with Crippen LogP contribution in [0.25, 0.3) is 5.76 Å². The van der Waals surface area contributed by atoms with Crippen LogP contribution in [0.4, 0.5) is 17.1 Å². The zero-order valence-corrected chi connectivity index (χ0v) is 21.5. The molecule has 4 rings (SSSR count). The number of aliphatic hydroxyl groups is 1. The van der Waals surface area contributed by atoms with Gasteiger partial charge in [0, 0.05) is 49.8 Å². The zero-order valence-electron chi connectivity index (χ0n) is 21.5. The van der Waals surface area contributed by atoms with Crippen LogP contribution < -0.4 is 14.7 Å². The molecule has 6 heteroatoms. The summed E-state index contributed by atoms with van der Waals surface area (Å²) in [5.41, 5.74) is 5.04. The molecule has 0 radical (unpaired) electrons. The first-order valence-corrected chi connectivity index (χ1v) is 12.3. The fourth-order valence-electron chi connectivity index (χ4n) is 4.65. The van der Waals surface area contributed by atoms with Crippen molar-refractivity contribution in [2.75, 3.05) is 41.9 Å². The highest BCUT2D eigenvalue weighted by molar-refractivity contribution is 6.51. The molecule has 6 nitrogen and oxygen atoms in total. The number of aryl methyl sites for hydroxylation is 1. The summed E-state index contributed by atoms with van der Waals surface area (Å²) in [6, 6.07) is 21.9. The number of carbonyl (C=O) groups excluding carboxylic acids is 2. The lowest BCUT2D eigenvalue weighted by Gasteiger charge is -2.27. The summed E-state index contributed by atoms with van der Waals surface area (Å²) in [6.07, 6.45) is 0. The molecule has 0 bridgehead atoms. The monoisotopic (exact) mass is 483 g/mol. The maximum absolute atomic E-state index is 13.4. The molecule has 1 aliphatic rings. The fraction of sp³-hybridized carbons (Fsp3) is 0.267. The SMILES string of the molecule is CCN(CC)c1ccc(N2C(=O)C(=O)/C(=C(\O)c3ccc(C)cc3)C2c2ccc(N(C)C)cc2)cc1. The Labute approximate surface area is 213 Å². The van der Waals surface area contributed by atoms with E-state index in [0.717, 1.165) is 35.6 Å². The van der Waals surface area contributed by atoms with Crippen LogP contribution in [0.2, 0.25) is 0 Å². The van der Waals surface area contributed by atoms with E-state index in [1.54, 1.807) is 12.1 Å². The van der Waals surface area contributed by atoms with Gasteiger partial charge in [-0.15, -0.1) is 0 Å². The molecule has 36 heavy (non-hydrogen) atoms. The molecule has 1 atom stereocenters. The van der Waals surface area contributed by atoms with Crippen LogP contribution in [-0.2, 0) is 9.59 Å². The molecule has 1 aliphatic heterocycles. The molecule has 1 fully saturated rings. The van der Waals surface area contributed by atoms with Gasteiger partial charge in [-0.3, -0.25) is 14.5 Å². The summed E-state index contributed by atoms with van der Waals surface area (Å²) in [5, 5.41) is 11.3. The molecule has 3 aromatic carbocycles. The molecule has 0 aliphatic carbocycles. The topological polar surface area (TPSA) is 64.1 Å². The first kappa shape index (κ1) is 25.0. The molecule has 1 amide bonds. The van der Waals surface area contributed by atoms with Crippen LogP contribution in [0.5, 0.6) is 0 Å². The number of hydrogen-bond acceptors (Lipinski definition) is 5. The number of benzene rings is 3. The van der Waals surface area contributed by atoms with Crippen LogP contribution in [0.3, 0.4) is 0 Å². The number of Topliss-reactive ketones (excluding diaryl/α,β-unsaturated/α-hetero) is 1. The Bertz CT molecular complexity index is 1270. The van der Waals surface area contributed by atoms with Crippen LogP contribution in [0, 0.1) is 6.92 Å². The Morgan fingerprint density at radius 2 is 1.39 bits per heavy atom. The number of hydrogen-bond donors (Lipinski definition) is 1. The predicted molar refractivity (Wildman–Crippen MR) is 147 cm³/mol. The van der Waals surface area contributed by atoms with E-state index < -0.39 is 17.7 Å². The quantitative estimate of drug-likeness (QED) is 0.272. The standard InChI is InChI=1S/C30H33N3O3/c1-6-32(7-2)24-16-18-25(19-17-24)33-27(21-12-14-23(15-13-21)31(4)5)26(29(35)30(33)36)28(34)22-10-8-20(3)9-11-22/h8-19,27,34H,6-7H2,1-5H3/b28-26-. The molecule has 3 aromatic rings. The zero-order chi connectivity index (χ0) is 26.0. The summed E-state index contributed by atoms with van der Waals surface area (Å²) in [5.74, 6) is -1.51. The molecule has 0 spiro atoms. The summed E-state index contributed by atoms with van der Waals surface area (Å²) in [7, 11) is 3.91. The van der Waals surface area contributed by atoms with E-state index in [1.165, 1.54) is 4.90 Å². The van der Waals surface area contributed by atoms with Gasteiger partial charge in [0.1, 0.15) is 5.76 Å². The van der Waals surface area contributed by atoms with Crippen LogP contribution in [0.15, 0.2) is 78.4 Å². The van der Waals surface area contributed by atoms with E-state index >= 15 is 0 Å². The van der Waals surface area contributed by atoms with E-state index in [2.05, 4.69) is 18.7 Å². The second kappa shape index (κ2) is 10.3. The van der Waals surface area contributed by atoms with Gasteiger partial charge >= 0.3 is 0 Å². The molecule has 186 valence electrons. The van der Waals surface area contributed by atoms with Gasteiger partial charge in [0.05, 0.1) is 11.6 Å². The van der Waals surface area contributed by atoms with Gasteiger partial charge in [-0.25, -0.2) is 0 Å². The highest BCUT2D eigenvalue weighted by atomic mass is 16.3. The largest absolute Gasteiger partial charge is 0.507 e. The smallest absolute Gasteiger partial charge is 0.300 e. The molecular formula is C30H33N3O3. The van der Waals surface area contributed by atoms with Gasteiger partial charge in [0.15, 0.2) is 0 Å². The number of rotatable bonds is 7. The van der Waals surface area contributed by atoms with Gasteiger partial charge in [-0.05, 0) is 62.7 Å². The van der Waals surface area contributed by atoms with Crippen molar-refractivity contribution in [2.45, 2.75) is 26.8 Å². The predicted octanol–water partition coefficient (Wildman–Crippen LogP) is 5.53. The first-order chi connectivity index (χ1) is 17.3. The molecule has 0 saturated carbocycles. The minimum absolute atomic E-state index is 0.0919. The summed E-state index contributed by atoms with van der Waals surface area (Å²) >= 11 is 0. The minimum atomic E-state index is -0.748. The average molecular weight is 484 g/mol. The van der Waals surface area contributed by atoms with E-state index in [0.29, 0.717) is 11.3 Å². The lowest BCUT2D eigenvalue weighted by Crippen LogP contribution is -2.29. The van der Waals surface area contributed by atoms with E-state index in [4.69, 9.17) is 0 Å². The summed E-state index contributed by atoms with van der Waals surface area (Å²) in [4.78, 5) is 32.5. The van der Waals surface area contributed by atoms with Crippen LogP contribution >= 0.6 is 0 Å². The van der Waals surface area contributed by atoms with Crippen LogP contribution in [-0.4, -0.2) is 44.0 Å². The van der Waals surface area contributed by atoms with Crippen molar-refractivity contribution in [1.82, 2.24) is 0 Å². The van der Waals surface area contributed by atoms with Crippen molar-refractivity contribution < 1.29 is 14.7 Å². The van der Waals surface area contributed by atoms with Gasteiger partial charge in [0.2, 0.25) is 0 Å². The second-order valence-corrected chi connectivity index (χ2v) is 9.21. The maximum atomic E-state index is 13.4. The highest BCUT2D eigenvalue weighted by Gasteiger charge is 2.47. The number of amides is 1. The van der Waals surface area contributed by atoms with Crippen molar-refractivity contribution in [3.05, 3.63) is 95.1 Å². The van der Waals surface area contributed by atoms with Gasteiger partial charge in [-0.2, -0.15) is 0 Å². The number of carbonyl (C=O) groups is 2. The third-order valence-electron chi connectivity index (χ3n) is 6.75. The third-order valence-corrected chi connectivity index (χ3v) is 6.75. The summed E-state index contributed by atoms with van der Waals surface area (Å²) in [6.45, 7) is 7.89. The van der Waals surface area contributed by atoms with Crippen molar-refractivity contribution in [3.8, 4) is 0 Å². The summed E-state index contributed by atoms with van der Waals surface area (Å²) < 4.78 is 0. The number of nitrogens with zero attached hydrogens (tertiary/aromatic N) is 3. The Hall–Kier alpha value is -4.06. The molecule has 1 unspecified atom stereocenters. The Morgan fingerprint density at radius 3 is 1.92 bits per heavy atom. The van der Waals surface area contributed by atoms with Gasteiger partial charge < -0.3 is 14.9 Å². The molecular weight excluding hydrogens is 450 g/mol. The number of anilines is 3.